The van der Waals surface area contributed by atoms with Crippen LogP contribution in [-0.4, -0.2) is 70.1 Å². The number of piperidine rings is 1. The summed E-state index contributed by atoms with van der Waals surface area (Å²) in [5.74, 6) is 1.17. The Morgan fingerprint density at radius 1 is 1.19 bits per heavy atom. The van der Waals surface area contributed by atoms with Gasteiger partial charge in [-0.25, -0.2) is 4.99 Å². The third-order valence-electron chi connectivity index (χ3n) is 4.86. The molecule has 2 rings (SSSR count). The molecule has 1 aliphatic rings. The number of nitrogens with zero attached hydrogens (tertiary/aromatic N) is 2. The van der Waals surface area contributed by atoms with Crippen LogP contribution in [0.3, 0.4) is 0 Å². The van der Waals surface area contributed by atoms with Gasteiger partial charge < -0.3 is 29.2 Å². The molecule has 176 valence electrons. The minimum absolute atomic E-state index is 0.0315. The number of aliphatic imine (C=N–C) groups is 1. The SMILES string of the molecule is CCNC(=NCc1ccc(OC(F)F)c(OCC)c1)N1CCC(OCCCOC)CC1. The summed E-state index contributed by atoms with van der Waals surface area (Å²) in [6.45, 7) is 5.64. The molecular weight excluding hydrogens is 408 g/mol. The molecule has 1 aromatic carbocycles. The van der Waals surface area contributed by atoms with Crippen molar-refractivity contribution >= 4 is 5.96 Å². The summed E-state index contributed by atoms with van der Waals surface area (Å²) < 4.78 is 46.1. The van der Waals surface area contributed by atoms with Crippen molar-refractivity contribution in [2.45, 2.75) is 52.4 Å². The van der Waals surface area contributed by atoms with Crippen LogP contribution in [0, 0.1) is 0 Å². The van der Waals surface area contributed by atoms with E-state index in [1.165, 1.54) is 6.07 Å². The number of methoxy groups -OCH3 is 1. The topological polar surface area (TPSA) is 64.6 Å². The van der Waals surface area contributed by atoms with Gasteiger partial charge in [0.1, 0.15) is 0 Å². The zero-order chi connectivity index (χ0) is 22.5. The largest absolute Gasteiger partial charge is 0.490 e. The Morgan fingerprint density at radius 2 is 1.97 bits per heavy atom. The van der Waals surface area contributed by atoms with Gasteiger partial charge in [-0.3, -0.25) is 0 Å². The molecule has 0 atom stereocenters. The lowest BCUT2D eigenvalue weighted by molar-refractivity contribution is -0.0514. The molecule has 0 aromatic heterocycles. The fraction of sp³-hybridized carbons (Fsp3) is 0.682. The molecule has 7 nitrogen and oxygen atoms in total. The van der Waals surface area contributed by atoms with E-state index < -0.39 is 6.61 Å². The average molecular weight is 444 g/mol. The summed E-state index contributed by atoms with van der Waals surface area (Å²) in [4.78, 5) is 6.97. The van der Waals surface area contributed by atoms with E-state index in [2.05, 4.69) is 15.0 Å². The van der Waals surface area contributed by atoms with Crippen molar-refractivity contribution in [2.24, 2.45) is 4.99 Å². The van der Waals surface area contributed by atoms with Crippen LogP contribution in [0.4, 0.5) is 8.78 Å². The molecule has 9 heteroatoms. The second-order valence-corrected chi connectivity index (χ2v) is 7.17. The van der Waals surface area contributed by atoms with Crippen LogP contribution in [0.5, 0.6) is 11.5 Å². The maximum absolute atomic E-state index is 12.6. The quantitative estimate of drug-likeness (QED) is 0.302. The van der Waals surface area contributed by atoms with Gasteiger partial charge in [0.15, 0.2) is 17.5 Å². The molecule has 1 aliphatic heterocycles. The lowest BCUT2D eigenvalue weighted by Gasteiger charge is -2.34. The molecule has 1 aromatic rings. The zero-order valence-electron chi connectivity index (χ0n) is 18.7. The van der Waals surface area contributed by atoms with Crippen molar-refractivity contribution in [3.05, 3.63) is 23.8 Å². The van der Waals surface area contributed by atoms with Crippen LogP contribution in [0.1, 0.15) is 38.7 Å². The van der Waals surface area contributed by atoms with Crippen molar-refractivity contribution < 1.29 is 27.7 Å². The number of hydrogen-bond acceptors (Lipinski definition) is 5. The molecule has 0 unspecified atom stereocenters. The molecule has 0 aliphatic carbocycles. The van der Waals surface area contributed by atoms with E-state index in [0.29, 0.717) is 18.9 Å². The average Bonchev–Trinajstić information content (AvgIpc) is 2.76. The molecule has 1 heterocycles. The number of nitrogens with one attached hydrogen (secondary N) is 1. The fourth-order valence-corrected chi connectivity index (χ4v) is 3.39. The van der Waals surface area contributed by atoms with Gasteiger partial charge in [-0.1, -0.05) is 6.07 Å². The maximum atomic E-state index is 12.6. The molecule has 0 saturated carbocycles. The number of alkyl halides is 2. The van der Waals surface area contributed by atoms with E-state index in [4.69, 9.17) is 19.2 Å². The normalized spacial score (nSPS) is 15.4. The fourth-order valence-electron chi connectivity index (χ4n) is 3.39. The molecule has 1 N–H and O–H groups in total. The second kappa shape index (κ2) is 14.0. The highest BCUT2D eigenvalue weighted by Crippen LogP contribution is 2.30. The number of likely N-dealkylation sites (tertiary alicyclic amines) is 1. The van der Waals surface area contributed by atoms with Gasteiger partial charge in [-0.05, 0) is 50.8 Å². The lowest BCUT2D eigenvalue weighted by atomic mass is 10.1. The van der Waals surface area contributed by atoms with Crippen LogP contribution in [0.15, 0.2) is 23.2 Å². The predicted octanol–water partition coefficient (Wildman–Crippen LogP) is 3.67. The summed E-state index contributed by atoms with van der Waals surface area (Å²) in [5.41, 5.74) is 0.858. The standard InChI is InChI=1S/C22H35F2N3O4/c1-4-25-22(27-11-9-18(10-12-27)30-14-6-13-28-3)26-16-17-7-8-19(31-21(23)24)20(15-17)29-5-2/h7-8,15,18,21H,4-6,9-14,16H2,1-3H3,(H,25,26). The van der Waals surface area contributed by atoms with Crippen molar-refractivity contribution in [1.82, 2.24) is 10.2 Å². The number of benzene rings is 1. The first-order valence-electron chi connectivity index (χ1n) is 10.9. The smallest absolute Gasteiger partial charge is 0.387 e. The Kier molecular flexibility index (Phi) is 11.4. The van der Waals surface area contributed by atoms with Crippen LogP contribution < -0.4 is 14.8 Å². The number of halogens is 2. The first-order valence-corrected chi connectivity index (χ1v) is 10.9. The first kappa shape index (κ1) is 25.1. The van der Waals surface area contributed by atoms with Crippen LogP contribution in [-0.2, 0) is 16.0 Å². The number of rotatable bonds is 12. The highest BCUT2D eigenvalue weighted by atomic mass is 19.3. The molecule has 0 amide bonds. The van der Waals surface area contributed by atoms with Crippen molar-refractivity contribution in [3.63, 3.8) is 0 Å². The molecular formula is C22H35F2N3O4. The molecule has 0 bridgehead atoms. The summed E-state index contributed by atoms with van der Waals surface area (Å²) in [5, 5.41) is 3.34. The van der Waals surface area contributed by atoms with Crippen molar-refractivity contribution in [1.29, 1.82) is 0 Å². The minimum Gasteiger partial charge on any atom is -0.490 e. The number of guanidine groups is 1. The van der Waals surface area contributed by atoms with Crippen molar-refractivity contribution in [2.75, 3.05) is 46.6 Å². The van der Waals surface area contributed by atoms with E-state index in [1.807, 2.05) is 6.92 Å². The lowest BCUT2D eigenvalue weighted by Crippen LogP contribution is -2.47. The molecule has 0 spiro atoms. The van der Waals surface area contributed by atoms with E-state index in [0.717, 1.165) is 63.6 Å². The minimum atomic E-state index is -2.89. The second-order valence-electron chi connectivity index (χ2n) is 7.17. The Balaban J connectivity index is 1.96. The van der Waals surface area contributed by atoms with Crippen LogP contribution in [0.2, 0.25) is 0 Å². The third-order valence-corrected chi connectivity index (χ3v) is 4.86. The van der Waals surface area contributed by atoms with E-state index >= 15 is 0 Å². The van der Waals surface area contributed by atoms with Gasteiger partial charge in [0.05, 0.1) is 19.3 Å². The van der Waals surface area contributed by atoms with Gasteiger partial charge >= 0.3 is 6.61 Å². The Morgan fingerprint density at radius 3 is 2.61 bits per heavy atom. The van der Waals surface area contributed by atoms with Crippen molar-refractivity contribution in [3.8, 4) is 11.5 Å². The Labute approximate surface area is 183 Å². The summed E-state index contributed by atoms with van der Waals surface area (Å²) in [6, 6.07) is 4.93. The summed E-state index contributed by atoms with van der Waals surface area (Å²) in [7, 11) is 1.70. The van der Waals surface area contributed by atoms with E-state index in [9.17, 15) is 8.78 Å². The molecule has 1 fully saturated rings. The first-order chi connectivity index (χ1) is 15.1. The van der Waals surface area contributed by atoms with Gasteiger partial charge in [-0.2, -0.15) is 8.78 Å². The molecule has 1 saturated heterocycles. The third kappa shape index (κ3) is 8.86. The van der Waals surface area contributed by atoms with E-state index in [1.54, 1.807) is 26.2 Å². The summed E-state index contributed by atoms with van der Waals surface area (Å²) >= 11 is 0. The monoisotopic (exact) mass is 443 g/mol. The number of hydrogen-bond donors (Lipinski definition) is 1. The maximum Gasteiger partial charge on any atom is 0.387 e. The zero-order valence-corrected chi connectivity index (χ0v) is 18.7. The van der Waals surface area contributed by atoms with Crippen LogP contribution >= 0.6 is 0 Å². The highest BCUT2D eigenvalue weighted by Gasteiger charge is 2.22. The highest BCUT2D eigenvalue weighted by molar-refractivity contribution is 5.80. The summed E-state index contributed by atoms with van der Waals surface area (Å²) in [6.07, 6.45) is 3.08. The Bertz CT molecular complexity index is 668. The van der Waals surface area contributed by atoms with E-state index in [-0.39, 0.29) is 11.9 Å². The predicted molar refractivity (Wildman–Crippen MR) is 116 cm³/mol. The van der Waals surface area contributed by atoms with Gasteiger partial charge in [0.25, 0.3) is 0 Å². The van der Waals surface area contributed by atoms with Crippen LogP contribution in [0.25, 0.3) is 0 Å². The van der Waals surface area contributed by atoms with Gasteiger partial charge in [0.2, 0.25) is 0 Å². The Hall–Kier alpha value is -2.13. The number of ether oxygens (including phenoxy) is 4. The molecule has 0 radical (unpaired) electrons. The van der Waals surface area contributed by atoms with Gasteiger partial charge in [0, 0.05) is 40.0 Å². The molecule has 31 heavy (non-hydrogen) atoms. The van der Waals surface area contributed by atoms with Gasteiger partial charge in [-0.15, -0.1) is 0 Å².